The standard InChI is InChI=1S/C12H20N2O3/c1-4-14(5-2)8-9(3)13-11-7-6-10(17-11)12(15)16/h6-7,9,13H,4-5,8H2,1-3H3,(H,15,16). The van der Waals surface area contributed by atoms with Crippen molar-refractivity contribution in [2.75, 3.05) is 25.0 Å². The Kier molecular flexibility index (Phi) is 5.03. The molecule has 0 amide bonds. The summed E-state index contributed by atoms with van der Waals surface area (Å²) in [5.74, 6) is -0.584. The molecule has 0 radical (unpaired) electrons. The lowest BCUT2D eigenvalue weighted by Gasteiger charge is -2.23. The minimum absolute atomic E-state index is 0.0393. The molecule has 0 saturated carbocycles. The summed E-state index contributed by atoms with van der Waals surface area (Å²) in [7, 11) is 0. The fourth-order valence-corrected chi connectivity index (χ4v) is 1.69. The van der Waals surface area contributed by atoms with E-state index in [4.69, 9.17) is 9.52 Å². The Labute approximate surface area is 101 Å². The second kappa shape index (κ2) is 6.30. The topological polar surface area (TPSA) is 65.7 Å². The molecule has 1 atom stereocenters. The zero-order chi connectivity index (χ0) is 12.8. The molecule has 0 aromatic carbocycles. The molecule has 1 unspecified atom stereocenters. The van der Waals surface area contributed by atoms with Gasteiger partial charge < -0.3 is 19.7 Å². The van der Waals surface area contributed by atoms with Gasteiger partial charge in [0.1, 0.15) is 0 Å². The molecule has 1 aromatic rings. The Morgan fingerprint density at radius 2 is 2.12 bits per heavy atom. The first-order valence-electron chi connectivity index (χ1n) is 5.88. The largest absolute Gasteiger partial charge is 0.475 e. The number of carboxylic acid groups (broad SMARTS) is 1. The summed E-state index contributed by atoms with van der Waals surface area (Å²) < 4.78 is 5.14. The third kappa shape index (κ3) is 4.11. The average Bonchev–Trinajstić information content (AvgIpc) is 2.74. The number of rotatable bonds is 7. The molecule has 0 spiro atoms. The molecule has 5 heteroatoms. The maximum absolute atomic E-state index is 10.6. The molecule has 0 fully saturated rings. The van der Waals surface area contributed by atoms with Crippen molar-refractivity contribution in [3.63, 3.8) is 0 Å². The Balaban J connectivity index is 2.49. The fourth-order valence-electron chi connectivity index (χ4n) is 1.69. The molecule has 0 aliphatic rings. The van der Waals surface area contributed by atoms with Gasteiger partial charge in [0.2, 0.25) is 5.76 Å². The number of nitrogens with zero attached hydrogens (tertiary/aromatic N) is 1. The molecule has 2 N–H and O–H groups in total. The molecular formula is C12H20N2O3. The second-order valence-electron chi connectivity index (χ2n) is 4.00. The van der Waals surface area contributed by atoms with Crippen LogP contribution >= 0.6 is 0 Å². The molecule has 1 rings (SSSR count). The second-order valence-corrected chi connectivity index (χ2v) is 4.00. The van der Waals surface area contributed by atoms with E-state index in [2.05, 4.69) is 24.1 Å². The molecule has 17 heavy (non-hydrogen) atoms. The van der Waals surface area contributed by atoms with Crippen molar-refractivity contribution < 1.29 is 14.3 Å². The Morgan fingerprint density at radius 3 is 2.59 bits per heavy atom. The quantitative estimate of drug-likeness (QED) is 0.764. The van der Waals surface area contributed by atoms with Crippen molar-refractivity contribution in [3.05, 3.63) is 17.9 Å². The first-order chi connectivity index (χ1) is 8.06. The van der Waals surface area contributed by atoms with Gasteiger partial charge in [-0.1, -0.05) is 13.8 Å². The predicted octanol–water partition coefficient (Wildman–Crippen LogP) is 2.12. The van der Waals surface area contributed by atoms with Gasteiger partial charge in [-0.3, -0.25) is 0 Å². The van der Waals surface area contributed by atoms with Crippen molar-refractivity contribution in [1.29, 1.82) is 0 Å². The number of likely N-dealkylation sites (N-methyl/N-ethyl adjacent to an activating group) is 1. The normalized spacial score (nSPS) is 12.7. The van der Waals surface area contributed by atoms with Gasteiger partial charge in [-0.25, -0.2) is 4.79 Å². The highest BCUT2D eigenvalue weighted by Gasteiger charge is 2.12. The van der Waals surface area contributed by atoms with Crippen molar-refractivity contribution in [2.24, 2.45) is 0 Å². The van der Waals surface area contributed by atoms with Gasteiger partial charge in [0.25, 0.3) is 0 Å². The van der Waals surface area contributed by atoms with E-state index in [1.807, 2.05) is 6.92 Å². The lowest BCUT2D eigenvalue weighted by Crippen LogP contribution is -2.34. The summed E-state index contributed by atoms with van der Waals surface area (Å²) in [4.78, 5) is 12.9. The number of carbonyl (C=O) groups is 1. The first-order valence-corrected chi connectivity index (χ1v) is 5.88. The summed E-state index contributed by atoms with van der Waals surface area (Å²) >= 11 is 0. The third-order valence-corrected chi connectivity index (χ3v) is 2.63. The number of hydrogen-bond donors (Lipinski definition) is 2. The molecule has 0 aliphatic carbocycles. The smallest absolute Gasteiger partial charge is 0.371 e. The highest BCUT2D eigenvalue weighted by atomic mass is 16.4. The first kappa shape index (κ1) is 13.6. The van der Waals surface area contributed by atoms with Gasteiger partial charge in [0.05, 0.1) is 0 Å². The Hall–Kier alpha value is -1.49. The highest BCUT2D eigenvalue weighted by molar-refractivity contribution is 5.84. The maximum atomic E-state index is 10.6. The lowest BCUT2D eigenvalue weighted by atomic mass is 10.3. The maximum Gasteiger partial charge on any atom is 0.371 e. The molecular weight excluding hydrogens is 220 g/mol. The summed E-state index contributed by atoms with van der Waals surface area (Å²) in [5.41, 5.74) is 0. The van der Waals surface area contributed by atoms with Crippen LogP contribution in [0.3, 0.4) is 0 Å². The summed E-state index contributed by atoms with van der Waals surface area (Å²) in [6.07, 6.45) is 0. The zero-order valence-corrected chi connectivity index (χ0v) is 10.6. The Morgan fingerprint density at radius 1 is 1.47 bits per heavy atom. The predicted molar refractivity (Wildman–Crippen MR) is 66.5 cm³/mol. The molecule has 1 heterocycles. The molecule has 5 nitrogen and oxygen atoms in total. The molecule has 96 valence electrons. The number of aromatic carboxylic acids is 1. The zero-order valence-electron chi connectivity index (χ0n) is 10.6. The number of anilines is 1. The van der Waals surface area contributed by atoms with Crippen LogP contribution in [-0.4, -0.2) is 41.7 Å². The van der Waals surface area contributed by atoms with E-state index < -0.39 is 5.97 Å². The Bertz CT molecular complexity index is 358. The minimum atomic E-state index is -1.05. The van der Waals surface area contributed by atoms with Crippen LogP contribution < -0.4 is 5.32 Å². The van der Waals surface area contributed by atoms with Crippen LogP contribution in [0.2, 0.25) is 0 Å². The van der Waals surface area contributed by atoms with Gasteiger partial charge in [-0.05, 0) is 26.1 Å². The van der Waals surface area contributed by atoms with Crippen molar-refractivity contribution in [2.45, 2.75) is 26.8 Å². The van der Waals surface area contributed by atoms with Crippen LogP contribution in [0.5, 0.6) is 0 Å². The van der Waals surface area contributed by atoms with Crippen molar-refractivity contribution in [3.8, 4) is 0 Å². The van der Waals surface area contributed by atoms with Gasteiger partial charge in [0.15, 0.2) is 5.88 Å². The number of carboxylic acids is 1. The summed E-state index contributed by atoms with van der Waals surface area (Å²) in [6.45, 7) is 9.18. The SMILES string of the molecule is CCN(CC)CC(C)Nc1ccc(C(=O)O)o1. The van der Waals surface area contributed by atoms with Gasteiger partial charge in [-0.2, -0.15) is 0 Å². The monoisotopic (exact) mass is 240 g/mol. The number of furan rings is 1. The van der Waals surface area contributed by atoms with Crippen LogP contribution in [0, 0.1) is 0 Å². The number of hydrogen-bond acceptors (Lipinski definition) is 4. The van der Waals surface area contributed by atoms with E-state index >= 15 is 0 Å². The molecule has 1 aromatic heterocycles. The average molecular weight is 240 g/mol. The number of nitrogens with one attached hydrogen (secondary N) is 1. The molecule has 0 saturated heterocycles. The fraction of sp³-hybridized carbons (Fsp3) is 0.583. The van der Waals surface area contributed by atoms with E-state index in [1.54, 1.807) is 6.07 Å². The highest BCUT2D eigenvalue weighted by Crippen LogP contribution is 2.14. The van der Waals surface area contributed by atoms with Crippen molar-refractivity contribution in [1.82, 2.24) is 4.90 Å². The van der Waals surface area contributed by atoms with Gasteiger partial charge >= 0.3 is 5.97 Å². The van der Waals surface area contributed by atoms with E-state index in [0.717, 1.165) is 19.6 Å². The van der Waals surface area contributed by atoms with Crippen LogP contribution in [0.1, 0.15) is 31.3 Å². The van der Waals surface area contributed by atoms with Crippen LogP contribution in [0.15, 0.2) is 16.5 Å². The van der Waals surface area contributed by atoms with E-state index in [-0.39, 0.29) is 11.8 Å². The summed E-state index contributed by atoms with van der Waals surface area (Å²) in [5, 5.41) is 11.9. The van der Waals surface area contributed by atoms with E-state index in [9.17, 15) is 4.79 Å². The van der Waals surface area contributed by atoms with E-state index in [1.165, 1.54) is 6.07 Å². The minimum Gasteiger partial charge on any atom is -0.475 e. The lowest BCUT2D eigenvalue weighted by molar-refractivity contribution is 0.0663. The van der Waals surface area contributed by atoms with Crippen molar-refractivity contribution >= 4 is 11.9 Å². The van der Waals surface area contributed by atoms with Crippen LogP contribution in [0.25, 0.3) is 0 Å². The van der Waals surface area contributed by atoms with Crippen LogP contribution in [-0.2, 0) is 0 Å². The molecule has 0 bridgehead atoms. The van der Waals surface area contributed by atoms with Gasteiger partial charge in [0, 0.05) is 18.7 Å². The third-order valence-electron chi connectivity index (χ3n) is 2.63. The summed E-state index contributed by atoms with van der Waals surface area (Å²) in [6, 6.07) is 3.31. The van der Waals surface area contributed by atoms with E-state index in [0.29, 0.717) is 5.88 Å². The van der Waals surface area contributed by atoms with Gasteiger partial charge in [-0.15, -0.1) is 0 Å². The molecule has 0 aliphatic heterocycles. The van der Waals surface area contributed by atoms with Crippen LogP contribution in [0.4, 0.5) is 5.88 Å².